The van der Waals surface area contributed by atoms with Gasteiger partial charge in [-0.05, 0) is 60.5 Å². The zero-order valence-electron chi connectivity index (χ0n) is 17.1. The molecule has 4 rings (SSSR count). The molecule has 5 nitrogen and oxygen atoms in total. The van der Waals surface area contributed by atoms with Gasteiger partial charge in [0.2, 0.25) is 0 Å². The maximum absolute atomic E-state index is 14.6. The lowest BCUT2D eigenvalue weighted by atomic mass is 9.98. The number of phenols is 1. The fourth-order valence-corrected chi connectivity index (χ4v) is 3.95. The highest BCUT2D eigenvalue weighted by molar-refractivity contribution is 6.13. The number of halogens is 1. The third kappa shape index (κ3) is 4.45. The summed E-state index contributed by atoms with van der Waals surface area (Å²) in [4.78, 5) is 6.85. The SMILES string of the molecule is CN1CC(N)=C(C(=NCc2cc(O)cc(C3=CCOCC3)c2)c2ccccc2F)C1. The van der Waals surface area contributed by atoms with Crippen molar-refractivity contribution in [3.05, 3.63) is 82.3 Å². The predicted octanol–water partition coefficient (Wildman–Crippen LogP) is 3.48. The lowest BCUT2D eigenvalue weighted by molar-refractivity contribution is 0.161. The minimum atomic E-state index is -0.324. The molecule has 2 aromatic rings. The van der Waals surface area contributed by atoms with Crippen molar-refractivity contribution in [2.45, 2.75) is 13.0 Å². The van der Waals surface area contributed by atoms with E-state index in [-0.39, 0.29) is 11.6 Å². The molecule has 3 N–H and O–H groups in total. The van der Waals surface area contributed by atoms with Crippen molar-refractivity contribution in [3.63, 3.8) is 0 Å². The first-order valence-electron chi connectivity index (χ1n) is 10.1. The number of hydrogen-bond acceptors (Lipinski definition) is 5. The van der Waals surface area contributed by atoms with E-state index >= 15 is 0 Å². The summed E-state index contributed by atoms with van der Waals surface area (Å²) in [7, 11) is 1.97. The van der Waals surface area contributed by atoms with E-state index in [4.69, 9.17) is 15.5 Å². The minimum absolute atomic E-state index is 0.192. The Bertz CT molecular complexity index is 1040. The average molecular weight is 407 g/mol. The van der Waals surface area contributed by atoms with E-state index in [0.29, 0.717) is 49.8 Å². The van der Waals surface area contributed by atoms with Crippen molar-refractivity contribution in [2.24, 2.45) is 10.7 Å². The van der Waals surface area contributed by atoms with E-state index in [0.717, 1.165) is 28.7 Å². The molecule has 6 heteroatoms. The van der Waals surface area contributed by atoms with Crippen LogP contribution in [0.5, 0.6) is 5.75 Å². The average Bonchev–Trinajstić information content (AvgIpc) is 3.07. The molecular formula is C24H26FN3O2. The molecule has 0 fully saturated rings. The molecule has 2 aliphatic rings. The third-order valence-corrected chi connectivity index (χ3v) is 5.40. The first-order valence-corrected chi connectivity index (χ1v) is 10.1. The summed E-state index contributed by atoms with van der Waals surface area (Å²) in [5.74, 6) is -0.132. The van der Waals surface area contributed by atoms with Crippen LogP contribution in [0.1, 0.15) is 23.1 Å². The van der Waals surface area contributed by atoms with Crippen LogP contribution in [0.4, 0.5) is 4.39 Å². The van der Waals surface area contributed by atoms with Crippen molar-refractivity contribution >= 4 is 11.3 Å². The molecule has 2 aliphatic heterocycles. The number of hydrogen-bond donors (Lipinski definition) is 2. The number of aliphatic imine (C=N–C) groups is 1. The standard InChI is InChI=1S/C24H26FN3O2/c1-28-14-21(23(26)15-28)24(20-4-2-3-5-22(20)25)27-13-16-10-18(12-19(29)11-16)17-6-8-30-9-7-17/h2-6,10-12,29H,7-9,13-15,26H2,1H3. The van der Waals surface area contributed by atoms with Crippen LogP contribution >= 0.6 is 0 Å². The van der Waals surface area contributed by atoms with E-state index < -0.39 is 0 Å². The van der Waals surface area contributed by atoms with E-state index in [1.54, 1.807) is 30.3 Å². The lowest BCUT2D eigenvalue weighted by Gasteiger charge is -2.15. The molecule has 0 saturated carbocycles. The molecule has 30 heavy (non-hydrogen) atoms. The number of ether oxygens (including phenoxy) is 1. The van der Waals surface area contributed by atoms with Gasteiger partial charge in [-0.2, -0.15) is 0 Å². The highest BCUT2D eigenvalue weighted by atomic mass is 19.1. The smallest absolute Gasteiger partial charge is 0.132 e. The number of phenolic OH excluding ortho intramolecular Hbond substituents is 1. The molecule has 0 aromatic heterocycles. The Labute approximate surface area is 176 Å². The van der Waals surface area contributed by atoms with E-state index in [1.807, 2.05) is 19.2 Å². The summed E-state index contributed by atoms with van der Waals surface area (Å²) in [5.41, 5.74) is 11.8. The Balaban J connectivity index is 1.70. The van der Waals surface area contributed by atoms with Crippen LogP contribution < -0.4 is 5.73 Å². The Kier molecular flexibility index (Phi) is 5.97. The highest BCUT2D eigenvalue weighted by Gasteiger charge is 2.23. The number of benzene rings is 2. The van der Waals surface area contributed by atoms with Crippen molar-refractivity contribution in [1.82, 2.24) is 4.90 Å². The second-order valence-corrected chi connectivity index (χ2v) is 7.76. The highest BCUT2D eigenvalue weighted by Crippen LogP contribution is 2.27. The van der Waals surface area contributed by atoms with Gasteiger partial charge in [-0.3, -0.25) is 9.89 Å². The summed E-state index contributed by atoms with van der Waals surface area (Å²) in [6, 6.07) is 12.1. The normalized spacial score (nSPS) is 18.1. The van der Waals surface area contributed by atoms with Crippen LogP contribution in [0, 0.1) is 5.82 Å². The van der Waals surface area contributed by atoms with Crippen LogP contribution in [-0.4, -0.2) is 49.1 Å². The third-order valence-electron chi connectivity index (χ3n) is 5.40. The first-order chi connectivity index (χ1) is 14.5. The Morgan fingerprint density at radius 2 is 2.07 bits per heavy atom. The van der Waals surface area contributed by atoms with Crippen LogP contribution in [0.2, 0.25) is 0 Å². The van der Waals surface area contributed by atoms with Gasteiger partial charge in [0, 0.05) is 29.9 Å². The maximum atomic E-state index is 14.6. The first kappa shape index (κ1) is 20.3. The van der Waals surface area contributed by atoms with Gasteiger partial charge in [-0.1, -0.05) is 18.2 Å². The fourth-order valence-electron chi connectivity index (χ4n) is 3.95. The molecular weight excluding hydrogens is 381 g/mol. The van der Waals surface area contributed by atoms with Gasteiger partial charge in [-0.15, -0.1) is 0 Å². The predicted molar refractivity (Wildman–Crippen MR) is 117 cm³/mol. The van der Waals surface area contributed by atoms with Gasteiger partial charge in [0.05, 0.1) is 25.5 Å². The second-order valence-electron chi connectivity index (χ2n) is 7.76. The monoisotopic (exact) mass is 407 g/mol. The molecule has 156 valence electrons. The Morgan fingerprint density at radius 1 is 1.23 bits per heavy atom. The largest absolute Gasteiger partial charge is 0.508 e. The molecule has 0 amide bonds. The fraction of sp³-hybridized carbons (Fsp3) is 0.292. The molecule has 2 heterocycles. The zero-order valence-corrected chi connectivity index (χ0v) is 17.1. The quantitative estimate of drug-likeness (QED) is 0.745. The van der Waals surface area contributed by atoms with Crippen LogP contribution in [0.15, 0.2) is 64.8 Å². The molecule has 0 spiro atoms. The summed E-state index contributed by atoms with van der Waals surface area (Å²) in [5, 5.41) is 10.2. The summed E-state index contributed by atoms with van der Waals surface area (Å²) in [6.45, 7) is 2.83. The lowest BCUT2D eigenvalue weighted by Crippen LogP contribution is -2.18. The molecule has 0 saturated heterocycles. The van der Waals surface area contributed by atoms with Gasteiger partial charge >= 0.3 is 0 Å². The van der Waals surface area contributed by atoms with Gasteiger partial charge in [0.15, 0.2) is 0 Å². The van der Waals surface area contributed by atoms with Crippen molar-refractivity contribution in [3.8, 4) is 5.75 Å². The summed E-state index contributed by atoms with van der Waals surface area (Å²) >= 11 is 0. The topological polar surface area (TPSA) is 71.1 Å². The summed E-state index contributed by atoms with van der Waals surface area (Å²) < 4.78 is 20.0. The number of nitrogens with two attached hydrogens (primary N) is 1. The van der Waals surface area contributed by atoms with Gasteiger partial charge in [-0.25, -0.2) is 4.39 Å². The van der Waals surface area contributed by atoms with Gasteiger partial charge in [0.1, 0.15) is 11.6 Å². The van der Waals surface area contributed by atoms with Gasteiger partial charge < -0.3 is 15.6 Å². The minimum Gasteiger partial charge on any atom is -0.508 e. The number of nitrogens with zero attached hydrogens (tertiary/aromatic N) is 2. The zero-order chi connectivity index (χ0) is 21.1. The summed E-state index contributed by atoms with van der Waals surface area (Å²) in [6.07, 6.45) is 2.85. The van der Waals surface area contributed by atoms with Crippen LogP contribution in [0.25, 0.3) is 5.57 Å². The van der Waals surface area contributed by atoms with Crippen molar-refractivity contribution in [2.75, 3.05) is 33.4 Å². The van der Waals surface area contributed by atoms with Crippen LogP contribution in [0.3, 0.4) is 0 Å². The van der Waals surface area contributed by atoms with Gasteiger partial charge in [0.25, 0.3) is 0 Å². The molecule has 0 atom stereocenters. The molecule has 2 aromatic carbocycles. The van der Waals surface area contributed by atoms with E-state index in [1.165, 1.54) is 6.07 Å². The molecule has 0 radical (unpaired) electrons. The Morgan fingerprint density at radius 3 is 2.77 bits per heavy atom. The van der Waals surface area contributed by atoms with E-state index in [9.17, 15) is 9.50 Å². The van der Waals surface area contributed by atoms with Crippen molar-refractivity contribution < 1.29 is 14.2 Å². The molecule has 0 unspecified atom stereocenters. The number of aromatic hydroxyl groups is 1. The number of rotatable bonds is 5. The van der Waals surface area contributed by atoms with Crippen LogP contribution in [-0.2, 0) is 11.3 Å². The Hall–Kier alpha value is -2.96. The molecule has 0 bridgehead atoms. The van der Waals surface area contributed by atoms with Crippen molar-refractivity contribution in [1.29, 1.82) is 0 Å². The number of likely N-dealkylation sites (N-methyl/N-ethyl adjacent to an activating group) is 1. The van der Waals surface area contributed by atoms with E-state index in [2.05, 4.69) is 4.90 Å². The maximum Gasteiger partial charge on any atom is 0.132 e. The molecule has 0 aliphatic carbocycles. The second kappa shape index (κ2) is 8.81.